The molecule has 1 fully saturated rings. The molecule has 0 radical (unpaired) electrons. The zero-order valence-corrected chi connectivity index (χ0v) is 15.7. The normalized spacial score (nSPS) is 18.1. The minimum absolute atomic E-state index is 0.0654. The van der Waals surface area contributed by atoms with E-state index in [1.165, 1.54) is 12.1 Å². The summed E-state index contributed by atoms with van der Waals surface area (Å²) in [6.07, 6.45) is 3.67. The van der Waals surface area contributed by atoms with Crippen LogP contribution >= 0.6 is 0 Å². The van der Waals surface area contributed by atoms with Crippen molar-refractivity contribution in [2.75, 3.05) is 0 Å². The van der Waals surface area contributed by atoms with Crippen molar-refractivity contribution < 1.29 is 14.2 Å². The van der Waals surface area contributed by atoms with Gasteiger partial charge in [0.15, 0.2) is 0 Å². The van der Waals surface area contributed by atoms with Crippen molar-refractivity contribution in [3.8, 4) is 11.3 Å². The van der Waals surface area contributed by atoms with E-state index in [2.05, 4.69) is 4.98 Å². The molecule has 0 spiro atoms. The molecule has 0 N–H and O–H groups in total. The van der Waals surface area contributed by atoms with Gasteiger partial charge in [-0.05, 0) is 57.4 Å². The summed E-state index contributed by atoms with van der Waals surface area (Å²) in [5.41, 5.74) is 2.65. The molecule has 27 heavy (non-hydrogen) atoms. The van der Waals surface area contributed by atoms with Gasteiger partial charge in [-0.25, -0.2) is 4.98 Å². The monoisotopic (exact) mass is 365 g/mol. The van der Waals surface area contributed by atoms with Crippen LogP contribution in [0.1, 0.15) is 27.7 Å². The highest BCUT2D eigenvalue weighted by Gasteiger charge is 2.51. The summed E-state index contributed by atoms with van der Waals surface area (Å²) >= 11 is 0. The number of nitro groups is 1. The standard InChI is InChI=1S/C19H20BN3O4/c1-18(2)19(3,4)27-20(26-18)14-9-10-22-16(12-21-17(22)11-14)13-5-7-15(8-6-13)23(24)25/h5-12H,1-4H3. The molecule has 8 heteroatoms. The van der Waals surface area contributed by atoms with Gasteiger partial charge in [-0.3, -0.25) is 14.5 Å². The number of rotatable bonds is 3. The molecule has 1 aliphatic rings. The van der Waals surface area contributed by atoms with Gasteiger partial charge in [-0.2, -0.15) is 0 Å². The van der Waals surface area contributed by atoms with Gasteiger partial charge in [-0.1, -0.05) is 0 Å². The maximum Gasteiger partial charge on any atom is 0.495 e. The second-order valence-corrected chi connectivity index (χ2v) is 7.72. The van der Waals surface area contributed by atoms with Gasteiger partial charge >= 0.3 is 7.12 Å². The highest BCUT2D eigenvalue weighted by Crippen LogP contribution is 2.36. The topological polar surface area (TPSA) is 78.9 Å². The van der Waals surface area contributed by atoms with E-state index in [1.54, 1.807) is 18.3 Å². The first-order valence-electron chi connectivity index (χ1n) is 8.75. The van der Waals surface area contributed by atoms with Crippen molar-refractivity contribution in [3.05, 3.63) is 58.9 Å². The SMILES string of the molecule is CC1(C)OB(c2ccn3c(-c4ccc([N+](=O)[O-])cc4)cnc3c2)OC1(C)C. The Kier molecular flexibility index (Phi) is 3.87. The van der Waals surface area contributed by atoms with Crippen molar-refractivity contribution in [2.45, 2.75) is 38.9 Å². The van der Waals surface area contributed by atoms with Crippen LogP contribution in [0.2, 0.25) is 0 Å². The van der Waals surface area contributed by atoms with Gasteiger partial charge in [0.1, 0.15) is 5.65 Å². The van der Waals surface area contributed by atoms with Gasteiger partial charge in [0.2, 0.25) is 0 Å². The fraction of sp³-hybridized carbons (Fsp3) is 0.316. The zero-order chi connectivity index (χ0) is 19.4. The van der Waals surface area contributed by atoms with E-state index < -0.39 is 23.2 Å². The van der Waals surface area contributed by atoms with Crippen LogP contribution in [0.3, 0.4) is 0 Å². The fourth-order valence-corrected chi connectivity index (χ4v) is 3.09. The number of pyridine rings is 1. The zero-order valence-electron chi connectivity index (χ0n) is 15.7. The molecular weight excluding hydrogens is 345 g/mol. The number of hydrogen-bond acceptors (Lipinski definition) is 5. The fourth-order valence-electron chi connectivity index (χ4n) is 3.09. The van der Waals surface area contributed by atoms with Crippen molar-refractivity contribution in [1.29, 1.82) is 0 Å². The summed E-state index contributed by atoms with van der Waals surface area (Å²) in [5, 5.41) is 10.8. The molecule has 3 heterocycles. The van der Waals surface area contributed by atoms with Crippen LogP contribution in [-0.4, -0.2) is 32.6 Å². The number of nitro benzene ring substituents is 1. The molecule has 1 aliphatic heterocycles. The van der Waals surface area contributed by atoms with Crippen molar-refractivity contribution >= 4 is 23.9 Å². The lowest BCUT2D eigenvalue weighted by molar-refractivity contribution is -0.384. The Morgan fingerprint density at radius 3 is 2.30 bits per heavy atom. The lowest BCUT2D eigenvalue weighted by Gasteiger charge is -2.32. The van der Waals surface area contributed by atoms with E-state index >= 15 is 0 Å². The number of benzene rings is 1. The number of fused-ring (bicyclic) bond motifs is 1. The molecule has 1 saturated heterocycles. The molecule has 2 aromatic heterocycles. The number of non-ortho nitro benzene ring substituents is 1. The first-order chi connectivity index (χ1) is 12.7. The summed E-state index contributed by atoms with van der Waals surface area (Å²) in [6.45, 7) is 8.09. The van der Waals surface area contributed by atoms with Crippen LogP contribution in [0, 0.1) is 10.1 Å². The highest BCUT2D eigenvalue weighted by molar-refractivity contribution is 6.62. The third kappa shape index (κ3) is 2.91. The maximum absolute atomic E-state index is 10.8. The van der Waals surface area contributed by atoms with Gasteiger partial charge in [0.25, 0.3) is 5.69 Å². The molecule has 0 amide bonds. The molecule has 4 rings (SSSR count). The van der Waals surface area contributed by atoms with E-state index in [1.807, 2.05) is 50.4 Å². The molecule has 1 aromatic carbocycles. The van der Waals surface area contributed by atoms with Gasteiger partial charge in [0.05, 0.1) is 28.0 Å². The Morgan fingerprint density at radius 2 is 1.70 bits per heavy atom. The predicted molar refractivity (Wildman–Crippen MR) is 103 cm³/mol. The van der Waals surface area contributed by atoms with E-state index in [4.69, 9.17) is 9.31 Å². The Balaban J connectivity index is 1.67. The van der Waals surface area contributed by atoms with Crippen LogP contribution in [0.5, 0.6) is 0 Å². The van der Waals surface area contributed by atoms with Crippen molar-refractivity contribution in [1.82, 2.24) is 9.38 Å². The third-order valence-corrected chi connectivity index (χ3v) is 5.44. The molecular formula is C19H20BN3O4. The predicted octanol–water partition coefficient (Wildman–Crippen LogP) is 3.21. The second kappa shape index (κ2) is 5.90. The number of hydrogen-bond donors (Lipinski definition) is 0. The molecule has 0 saturated carbocycles. The minimum atomic E-state index is -0.445. The average Bonchev–Trinajstić information content (AvgIpc) is 3.12. The summed E-state index contributed by atoms with van der Waals surface area (Å²) < 4.78 is 14.1. The Hall–Kier alpha value is -2.71. The first kappa shape index (κ1) is 17.7. The van der Waals surface area contributed by atoms with E-state index in [0.717, 1.165) is 22.4 Å². The Bertz CT molecular complexity index is 1010. The molecule has 138 valence electrons. The minimum Gasteiger partial charge on any atom is -0.399 e. The Morgan fingerprint density at radius 1 is 1.07 bits per heavy atom. The smallest absolute Gasteiger partial charge is 0.399 e. The second-order valence-electron chi connectivity index (χ2n) is 7.72. The van der Waals surface area contributed by atoms with Crippen molar-refractivity contribution in [2.24, 2.45) is 0 Å². The van der Waals surface area contributed by atoms with Crippen LogP contribution in [0.15, 0.2) is 48.8 Å². The van der Waals surface area contributed by atoms with Gasteiger partial charge in [-0.15, -0.1) is 0 Å². The molecule has 0 atom stereocenters. The van der Waals surface area contributed by atoms with Crippen molar-refractivity contribution in [3.63, 3.8) is 0 Å². The number of aromatic nitrogens is 2. The summed E-state index contributed by atoms with van der Waals surface area (Å²) in [4.78, 5) is 14.9. The molecule has 3 aromatic rings. The molecule has 0 unspecified atom stereocenters. The lowest BCUT2D eigenvalue weighted by Crippen LogP contribution is -2.41. The average molecular weight is 365 g/mol. The number of imidazole rings is 1. The molecule has 0 bridgehead atoms. The molecule has 7 nitrogen and oxygen atoms in total. The van der Waals surface area contributed by atoms with E-state index in [-0.39, 0.29) is 5.69 Å². The maximum atomic E-state index is 10.8. The quantitative estimate of drug-likeness (QED) is 0.405. The largest absolute Gasteiger partial charge is 0.495 e. The summed E-state index contributed by atoms with van der Waals surface area (Å²) in [5.74, 6) is 0. The van der Waals surface area contributed by atoms with E-state index in [0.29, 0.717) is 0 Å². The Labute approximate surface area is 157 Å². The van der Waals surface area contributed by atoms with Crippen LogP contribution in [0.4, 0.5) is 5.69 Å². The van der Waals surface area contributed by atoms with Crippen LogP contribution in [-0.2, 0) is 9.31 Å². The summed E-state index contributed by atoms with van der Waals surface area (Å²) in [7, 11) is -0.445. The van der Waals surface area contributed by atoms with Crippen LogP contribution in [0.25, 0.3) is 16.9 Å². The third-order valence-electron chi connectivity index (χ3n) is 5.44. The van der Waals surface area contributed by atoms with Crippen LogP contribution < -0.4 is 5.46 Å². The van der Waals surface area contributed by atoms with E-state index in [9.17, 15) is 10.1 Å². The highest BCUT2D eigenvalue weighted by atomic mass is 16.7. The number of nitrogens with zero attached hydrogens (tertiary/aromatic N) is 3. The molecule has 0 aliphatic carbocycles. The summed E-state index contributed by atoms with van der Waals surface area (Å²) in [6, 6.07) is 10.3. The van der Waals surface area contributed by atoms with Gasteiger partial charge < -0.3 is 9.31 Å². The first-order valence-corrected chi connectivity index (χ1v) is 8.75. The lowest BCUT2D eigenvalue weighted by atomic mass is 9.80. The van der Waals surface area contributed by atoms with Gasteiger partial charge in [0, 0.05) is 23.9 Å².